The summed E-state index contributed by atoms with van der Waals surface area (Å²) in [5, 5.41) is 15.1. The molecule has 0 fully saturated rings. The van der Waals surface area contributed by atoms with Gasteiger partial charge in [-0.3, -0.25) is 15.5 Å². The molecule has 0 bridgehead atoms. The van der Waals surface area contributed by atoms with Crippen LogP contribution in [0.4, 0.5) is 24.5 Å². The molecule has 7 nitrogen and oxygen atoms in total. The second-order valence-corrected chi connectivity index (χ2v) is 6.02. The van der Waals surface area contributed by atoms with Gasteiger partial charge in [-0.1, -0.05) is 17.5 Å². The summed E-state index contributed by atoms with van der Waals surface area (Å²) in [5.41, 5.74) is 0.680. The van der Waals surface area contributed by atoms with Crippen LogP contribution in [0.25, 0.3) is 0 Å². The van der Waals surface area contributed by atoms with Crippen molar-refractivity contribution in [3.63, 3.8) is 0 Å². The van der Waals surface area contributed by atoms with Gasteiger partial charge in [-0.2, -0.15) is 18.3 Å². The first kappa shape index (κ1) is 22.8. The second-order valence-electron chi connectivity index (χ2n) is 5.61. The molecule has 0 heterocycles. The number of hydrogen-bond donors (Lipinski definition) is 1. The lowest BCUT2D eigenvalue weighted by molar-refractivity contribution is -0.384. The maximum Gasteiger partial charge on any atom is 0.416 e. The number of halogens is 4. The third-order valence-electron chi connectivity index (χ3n) is 3.55. The fraction of sp³-hybridized carbons (Fsp3) is 0.211. The number of benzene rings is 2. The van der Waals surface area contributed by atoms with Crippen LogP contribution in [-0.2, 0) is 6.18 Å². The van der Waals surface area contributed by atoms with Gasteiger partial charge in [0, 0.05) is 6.07 Å². The highest BCUT2D eigenvalue weighted by Gasteiger charge is 2.33. The molecule has 30 heavy (non-hydrogen) atoms. The van der Waals surface area contributed by atoms with Crippen molar-refractivity contribution in [2.24, 2.45) is 5.10 Å². The van der Waals surface area contributed by atoms with Crippen molar-refractivity contribution >= 4 is 29.2 Å². The predicted octanol–water partition coefficient (Wildman–Crippen LogP) is 5.12. The maximum absolute atomic E-state index is 12.8. The van der Waals surface area contributed by atoms with Gasteiger partial charge in [0.25, 0.3) is 5.69 Å². The smallest absolute Gasteiger partial charge is 0.416 e. The molecule has 0 saturated heterocycles. The van der Waals surface area contributed by atoms with E-state index in [-0.39, 0.29) is 23.1 Å². The summed E-state index contributed by atoms with van der Waals surface area (Å²) in [6.45, 7) is 2.05. The first-order valence-corrected chi connectivity index (χ1v) is 8.72. The zero-order valence-corrected chi connectivity index (χ0v) is 16.3. The summed E-state index contributed by atoms with van der Waals surface area (Å²) in [7, 11) is 0. The van der Waals surface area contributed by atoms with Gasteiger partial charge < -0.3 is 9.47 Å². The van der Waals surface area contributed by atoms with Gasteiger partial charge >= 0.3 is 6.18 Å². The van der Waals surface area contributed by atoms with Crippen LogP contribution in [0, 0.1) is 22.5 Å². The summed E-state index contributed by atoms with van der Waals surface area (Å²) in [5.74, 6) is 2.87. The number of nitrogens with zero attached hydrogens (tertiary/aromatic N) is 2. The van der Waals surface area contributed by atoms with Gasteiger partial charge in [-0.05, 0) is 36.8 Å². The van der Waals surface area contributed by atoms with E-state index in [1.54, 1.807) is 13.0 Å². The molecule has 2 rings (SSSR count). The average molecular weight is 442 g/mol. The molecule has 0 aliphatic heterocycles. The Morgan fingerprint density at radius 2 is 2.07 bits per heavy atom. The lowest BCUT2D eigenvalue weighted by atomic mass is 10.1. The number of nitro groups is 1. The number of ether oxygens (including phenoxy) is 2. The van der Waals surface area contributed by atoms with E-state index in [1.165, 1.54) is 12.3 Å². The van der Waals surface area contributed by atoms with Crippen LogP contribution in [0.1, 0.15) is 18.1 Å². The Labute approximate surface area is 174 Å². The Bertz CT molecular complexity index is 1000. The molecular weight excluding hydrogens is 427 g/mol. The number of nitrogens with one attached hydrogen (secondary N) is 1. The SMILES string of the molecule is C#CCOc1c(Cl)cc(/C=N\Nc2ccc(C(F)(F)F)cc2[N+](=O)[O-])cc1OCC. The van der Waals surface area contributed by atoms with Crippen molar-refractivity contribution in [3.8, 4) is 23.8 Å². The van der Waals surface area contributed by atoms with Crippen LogP contribution in [0.3, 0.4) is 0 Å². The Kier molecular flexibility index (Phi) is 7.49. The second kappa shape index (κ2) is 9.84. The molecule has 0 unspecified atom stereocenters. The Hall–Kier alpha value is -3.45. The van der Waals surface area contributed by atoms with Crippen LogP contribution in [0.15, 0.2) is 35.4 Å². The number of anilines is 1. The van der Waals surface area contributed by atoms with Crippen molar-refractivity contribution in [2.75, 3.05) is 18.6 Å². The Morgan fingerprint density at radius 1 is 1.33 bits per heavy atom. The van der Waals surface area contributed by atoms with Gasteiger partial charge in [0.1, 0.15) is 12.3 Å². The summed E-state index contributed by atoms with van der Waals surface area (Å²) < 4.78 is 49.1. The normalized spacial score (nSPS) is 11.2. The van der Waals surface area contributed by atoms with Crippen molar-refractivity contribution in [2.45, 2.75) is 13.1 Å². The van der Waals surface area contributed by atoms with Gasteiger partial charge in [0.15, 0.2) is 11.5 Å². The molecule has 158 valence electrons. The summed E-state index contributed by atoms with van der Waals surface area (Å²) >= 11 is 6.18. The van der Waals surface area contributed by atoms with E-state index in [9.17, 15) is 23.3 Å². The highest BCUT2D eigenvalue weighted by atomic mass is 35.5. The van der Waals surface area contributed by atoms with E-state index in [0.717, 1.165) is 6.07 Å². The van der Waals surface area contributed by atoms with E-state index < -0.39 is 22.4 Å². The zero-order valence-electron chi connectivity index (χ0n) is 15.5. The van der Waals surface area contributed by atoms with E-state index in [4.69, 9.17) is 27.5 Å². The highest BCUT2D eigenvalue weighted by Crippen LogP contribution is 2.37. The number of hydrazone groups is 1. The number of terminal acetylenes is 1. The lowest BCUT2D eigenvalue weighted by Gasteiger charge is -2.13. The molecule has 0 amide bonds. The molecule has 2 aromatic rings. The van der Waals surface area contributed by atoms with E-state index in [2.05, 4.69) is 16.4 Å². The molecule has 0 aromatic heterocycles. The van der Waals surface area contributed by atoms with E-state index in [0.29, 0.717) is 30.1 Å². The van der Waals surface area contributed by atoms with Gasteiger partial charge in [-0.15, -0.1) is 6.42 Å². The fourth-order valence-corrected chi connectivity index (χ4v) is 2.58. The first-order chi connectivity index (χ1) is 14.2. The molecule has 0 atom stereocenters. The monoisotopic (exact) mass is 441 g/mol. The number of rotatable bonds is 8. The molecule has 0 saturated carbocycles. The van der Waals surface area contributed by atoms with Gasteiger partial charge in [0.2, 0.25) is 0 Å². The molecule has 2 aromatic carbocycles. The van der Waals surface area contributed by atoms with Crippen molar-refractivity contribution in [1.29, 1.82) is 0 Å². The van der Waals surface area contributed by atoms with E-state index >= 15 is 0 Å². The molecule has 11 heteroatoms. The standard InChI is InChI=1S/C19H15ClF3N3O4/c1-3-7-30-18-14(20)8-12(9-17(18)29-4-2)11-24-25-15-6-5-13(19(21,22)23)10-16(15)26(27)28/h1,5-6,8-11,25H,4,7H2,2H3/b24-11-. The van der Waals surface area contributed by atoms with E-state index in [1.807, 2.05) is 0 Å². The topological polar surface area (TPSA) is 86.0 Å². The van der Waals surface area contributed by atoms with Crippen molar-refractivity contribution in [1.82, 2.24) is 0 Å². The molecular formula is C19H15ClF3N3O4. The lowest BCUT2D eigenvalue weighted by Crippen LogP contribution is -2.06. The number of nitro benzene ring substituents is 1. The third kappa shape index (κ3) is 5.78. The number of alkyl halides is 3. The summed E-state index contributed by atoms with van der Waals surface area (Å²) in [4.78, 5) is 10.2. The third-order valence-corrected chi connectivity index (χ3v) is 3.83. The van der Waals surface area contributed by atoms with Crippen molar-refractivity contribution < 1.29 is 27.6 Å². The molecule has 0 spiro atoms. The molecule has 0 aliphatic rings. The van der Waals surface area contributed by atoms with Gasteiger partial charge in [0.05, 0.1) is 28.3 Å². The fourth-order valence-electron chi connectivity index (χ4n) is 2.31. The zero-order chi connectivity index (χ0) is 22.3. The average Bonchev–Trinajstić information content (AvgIpc) is 2.67. The van der Waals surface area contributed by atoms with Crippen LogP contribution in [0.5, 0.6) is 11.5 Å². The van der Waals surface area contributed by atoms with Gasteiger partial charge in [-0.25, -0.2) is 0 Å². The van der Waals surface area contributed by atoms with Crippen molar-refractivity contribution in [3.05, 3.63) is 56.6 Å². The quantitative estimate of drug-likeness (QED) is 0.266. The molecule has 0 aliphatic carbocycles. The molecule has 1 N–H and O–H groups in total. The number of hydrogen-bond acceptors (Lipinski definition) is 6. The maximum atomic E-state index is 12.8. The minimum absolute atomic E-state index is 0.0215. The summed E-state index contributed by atoms with van der Waals surface area (Å²) in [6.07, 6.45) is 1.73. The predicted molar refractivity (Wildman–Crippen MR) is 106 cm³/mol. The Balaban J connectivity index is 2.28. The minimum atomic E-state index is -4.71. The highest BCUT2D eigenvalue weighted by molar-refractivity contribution is 6.32. The first-order valence-electron chi connectivity index (χ1n) is 8.34. The largest absolute Gasteiger partial charge is 0.490 e. The van der Waals surface area contributed by atoms with Crippen LogP contribution in [0.2, 0.25) is 5.02 Å². The molecule has 0 radical (unpaired) electrons. The van der Waals surface area contributed by atoms with Crippen LogP contribution < -0.4 is 14.9 Å². The Morgan fingerprint density at radius 3 is 2.67 bits per heavy atom. The summed E-state index contributed by atoms with van der Waals surface area (Å²) in [6, 6.07) is 5.11. The van der Waals surface area contributed by atoms with Crippen LogP contribution >= 0.6 is 11.6 Å². The van der Waals surface area contributed by atoms with Crippen LogP contribution in [-0.4, -0.2) is 24.4 Å². The minimum Gasteiger partial charge on any atom is -0.490 e.